The van der Waals surface area contributed by atoms with E-state index in [1.807, 2.05) is 11.8 Å². The molecule has 0 spiro atoms. The molecule has 1 aliphatic heterocycles. The minimum Gasteiger partial charge on any atom is -0.358 e. The van der Waals surface area contributed by atoms with Gasteiger partial charge in [-0.2, -0.15) is 0 Å². The molecule has 0 radical (unpaired) electrons. The minimum atomic E-state index is -0.269. The topological polar surface area (TPSA) is 39.3 Å². The number of carbonyl (C=O) groups excluding carboxylic acids is 1. The molecule has 21 heavy (non-hydrogen) atoms. The number of carbonyl (C=O) groups is 1. The SMILES string of the molecule is Cc1[nH]c2ccc(F)cc2c1CC(=O)N1CCN(C)CC1. The number of hydrogen-bond donors (Lipinski definition) is 1. The van der Waals surface area contributed by atoms with Crippen LogP contribution in [0.3, 0.4) is 0 Å². The molecule has 1 N–H and O–H groups in total. The fourth-order valence-corrected chi connectivity index (χ4v) is 2.90. The summed E-state index contributed by atoms with van der Waals surface area (Å²) in [6.07, 6.45) is 0.332. The van der Waals surface area contributed by atoms with Gasteiger partial charge in [0.1, 0.15) is 5.82 Å². The summed E-state index contributed by atoms with van der Waals surface area (Å²) in [4.78, 5) is 19.8. The van der Waals surface area contributed by atoms with Crippen LogP contribution in [0.1, 0.15) is 11.3 Å². The van der Waals surface area contributed by atoms with Gasteiger partial charge in [0.15, 0.2) is 0 Å². The molecule has 5 heteroatoms. The molecular formula is C16H20FN3O. The fourth-order valence-electron chi connectivity index (χ4n) is 2.90. The van der Waals surface area contributed by atoms with Crippen LogP contribution in [0.15, 0.2) is 18.2 Å². The molecule has 4 nitrogen and oxygen atoms in total. The van der Waals surface area contributed by atoms with Crippen LogP contribution in [-0.4, -0.2) is 53.9 Å². The lowest BCUT2D eigenvalue weighted by Gasteiger charge is -2.32. The zero-order chi connectivity index (χ0) is 15.0. The van der Waals surface area contributed by atoms with E-state index in [1.165, 1.54) is 12.1 Å². The predicted octanol–water partition coefficient (Wildman–Crippen LogP) is 1.93. The van der Waals surface area contributed by atoms with Crippen molar-refractivity contribution >= 4 is 16.8 Å². The number of halogens is 1. The second kappa shape index (κ2) is 5.48. The second-order valence-corrected chi connectivity index (χ2v) is 5.78. The molecule has 0 atom stereocenters. The highest BCUT2D eigenvalue weighted by Crippen LogP contribution is 2.24. The average Bonchev–Trinajstić information content (AvgIpc) is 2.76. The molecule has 0 unspecified atom stereocenters. The van der Waals surface area contributed by atoms with Crippen LogP contribution in [0.2, 0.25) is 0 Å². The molecule has 1 amide bonds. The van der Waals surface area contributed by atoms with Gasteiger partial charge in [-0.3, -0.25) is 4.79 Å². The number of hydrogen-bond acceptors (Lipinski definition) is 2. The Labute approximate surface area is 123 Å². The summed E-state index contributed by atoms with van der Waals surface area (Å²) in [7, 11) is 2.06. The normalized spacial score (nSPS) is 16.6. The number of fused-ring (bicyclic) bond motifs is 1. The zero-order valence-corrected chi connectivity index (χ0v) is 12.4. The Morgan fingerprint density at radius 1 is 1.29 bits per heavy atom. The molecule has 1 aromatic carbocycles. The lowest BCUT2D eigenvalue weighted by atomic mass is 10.1. The number of rotatable bonds is 2. The smallest absolute Gasteiger partial charge is 0.227 e. The second-order valence-electron chi connectivity index (χ2n) is 5.78. The van der Waals surface area contributed by atoms with E-state index < -0.39 is 0 Å². The number of likely N-dealkylation sites (N-methyl/N-ethyl adjacent to an activating group) is 1. The molecule has 0 bridgehead atoms. The summed E-state index contributed by atoms with van der Waals surface area (Å²) < 4.78 is 13.4. The maximum Gasteiger partial charge on any atom is 0.227 e. The Morgan fingerprint density at radius 2 is 2.00 bits per heavy atom. The third kappa shape index (κ3) is 2.78. The molecule has 1 aliphatic rings. The van der Waals surface area contributed by atoms with Crippen molar-refractivity contribution in [3.63, 3.8) is 0 Å². The summed E-state index contributed by atoms with van der Waals surface area (Å²) in [5.41, 5.74) is 2.74. The number of nitrogens with zero attached hydrogens (tertiary/aromatic N) is 2. The van der Waals surface area contributed by atoms with Crippen molar-refractivity contribution in [1.29, 1.82) is 0 Å². The van der Waals surface area contributed by atoms with E-state index in [2.05, 4.69) is 16.9 Å². The minimum absolute atomic E-state index is 0.122. The van der Waals surface area contributed by atoms with E-state index in [0.29, 0.717) is 6.42 Å². The summed E-state index contributed by atoms with van der Waals surface area (Å²) in [5.74, 6) is -0.147. The van der Waals surface area contributed by atoms with Gasteiger partial charge in [-0.15, -0.1) is 0 Å². The van der Waals surface area contributed by atoms with Crippen molar-refractivity contribution in [2.45, 2.75) is 13.3 Å². The van der Waals surface area contributed by atoms with E-state index in [1.54, 1.807) is 6.07 Å². The van der Waals surface area contributed by atoms with Gasteiger partial charge < -0.3 is 14.8 Å². The summed E-state index contributed by atoms with van der Waals surface area (Å²) in [6, 6.07) is 4.66. The van der Waals surface area contributed by atoms with Crippen molar-refractivity contribution in [2.75, 3.05) is 33.2 Å². The summed E-state index contributed by atoms with van der Waals surface area (Å²) >= 11 is 0. The van der Waals surface area contributed by atoms with Crippen LogP contribution < -0.4 is 0 Å². The number of amides is 1. The van der Waals surface area contributed by atoms with Gasteiger partial charge in [0, 0.05) is 42.8 Å². The summed E-state index contributed by atoms with van der Waals surface area (Å²) in [5, 5.41) is 0.815. The number of nitrogens with one attached hydrogen (secondary N) is 1. The van der Waals surface area contributed by atoms with Crippen LogP contribution >= 0.6 is 0 Å². The van der Waals surface area contributed by atoms with Gasteiger partial charge in [-0.05, 0) is 37.7 Å². The lowest BCUT2D eigenvalue weighted by Crippen LogP contribution is -2.47. The number of aromatic nitrogens is 1. The molecular weight excluding hydrogens is 269 g/mol. The molecule has 0 aliphatic carbocycles. The Hall–Kier alpha value is -1.88. The number of benzene rings is 1. The average molecular weight is 289 g/mol. The van der Waals surface area contributed by atoms with Crippen molar-refractivity contribution in [2.24, 2.45) is 0 Å². The Balaban J connectivity index is 1.82. The Morgan fingerprint density at radius 3 is 2.71 bits per heavy atom. The van der Waals surface area contributed by atoms with E-state index in [0.717, 1.165) is 48.3 Å². The predicted molar refractivity (Wildman–Crippen MR) is 80.8 cm³/mol. The van der Waals surface area contributed by atoms with Gasteiger partial charge in [-0.25, -0.2) is 4.39 Å². The highest BCUT2D eigenvalue weighted by atomic mass is 19.1. The first-order chi connectivity index (χ1) is 10.0. The van der Waals surface area contributed by atoms with Crippen LogP contribution in [0.25, 0.3) is 10.9 Å². The maximum atomic E-state index is 13.4. The van der Waals surface area contributed by atoms with Crippen LogP contribution in [0.5, 0.6) is 0 Å². The molecule has 112 valence electrons. The van der Waals surface area contributed by atoms with E-state index in [9.17, 15) is 9.18 Å². The standard InChI is InChI=1S/C16H20FN3O/c1-11-13(14-9-12(17)3-4-15(14)18-11)10-16(21)20-7-5-19(2)6-8-20/h3-4,9,18H,5-8,10H2,1-2H3. The van der Waals surface area contributed by atoms with Gasteiger partial charge in [-0.1, -0.05) is 0 Å². The van der Waals surface area contributed by atoms with Gasteiger partial charge in [0.05, 0.1) is 6.42 Å². The largest absolute Gasteiger partial charge is 0.358 e. The first-order valence-electron chi connectivity index (χ1n) is 7.27. The molecule has 1 saturated heterocycles. The van der Waals surface area contributed by atoms with E-state index in [-0.39, 0.29) is 11.7 Å². The third-order valence-electron chi connectivity index (χ3n) is 4.27. The van der Waals surface area contributed by atoms with Crippen molar-refractivity contribution in [3.8, 4) is 0 Å². The molecule has 3 rings (SSSR count). The zero-order valence-electron chi connectivity index (χ0n) is 12.4. The van der Waals surface area contributed by atoms with Gasteiger partial charge in [0.2, 0.25) is 5.91 Å². The van der Waals surface area contributed by atoms with Crippen LogP contribution in [-0.2, 0) is 11.2 Å². The number of piperazine rings is 1. The van der Waals surface area contributed by atoms with Crippen molar-refractivity contribution in [1.82, 2.24) is 14.8 Å². The molecule has 2 aromatic rings. The third-order valence-corrected chi connectivity index (χ3v) is 4.27. The first-order valence-corrected chi connectivity index (χ1v) is 7.27. The monoisotopic (exact) mass is 289 g/mol. The van der Waals surface area contributed by atoms with E-state index in [4.69, 9.17) is 0 Å². The molecule has 2 heterocycles. The van der Waals surface area contributed by atoms with Crippen LogP contribution in [0, 0.1) is 12.7 Å². The first kappa shape index (κ1) is 14.1. The Bertz CT molecular complexity index is 671. The van der Waals surface area contributed by atoms with Crippen molar-refractivity contribution < 1.29 is 9.18 Å². The maximum absolute atomic E-state index is 13.4. The molecule has 0 saturated carbocycles. The van der Waals surface area contributed by atoms with Gasteiger partial charge in [0.25, 0.3) is 0 Å². The quantitative estimate of drug-likeness (QED) is 0.917. The van der Waals surface area contributed by atoms with E-state index >= 15 is 0 Å². The van der Waals surface area contributed by atoms with Crippen molar-refractivity contribution in [3.05, 3.63) is 35.3 Å². The Kier molecular flexibility index (Phi) is 3.68. The number of aryl methyl sites for hydroxylation is 1. The fraction of sp³-hybridized carbons (Fsp3) is 0.438. The van der Waals surface area contributed by atoms with Gasteiger partial charge >= 0.3 is 0 Å². The highest BCUT2D eigenvalue weighted by Gasteiger charge is 2.21. The lowest BCUT2D eigenvalue weighted by molar-refractivity contribution is -0.132. The molecule has 1 aromatic heterocycles. The number of aromatic amines is 1. The molecule has 1 fully saturated rings. The summed E-state index contributed by atoms with van der Waals surface area (Å²) in [6.45, 7) is 5.29. The number of H-pyrrole nitrogens is 1. The highest BCUT2D eigenvalue weighted by molar-refractivity contribution is 5.90. The van der Waals surface area contributed by atoms with Crippen LogP contribution in [0.4, 0.5) is 4.39 Å².